The normalized spacial score (nSPS) is 10.4. The number of ketones is 1. The summed E-state index contributed by atoms with van der Waals surface area (Å²) in [6.45, 7) is 3.36. The second-order valence-electron chi connectivity index (χ2n) is 5.11. The smallest absolute Gasteiger partial charge is 0.172 e. The Hall–Kier alpha value is -2.69. The molecule has 0 saturated carbocycles. The molecule has 0 bridgehead atoms. The van der Waals surface area contributed by atoms with E-state index in [-0.39, 0.29) is 23.7 Å². The Balaban J connectivity index is 2.82. The van der Waals surface area contributed by atoms with Crippen molar-refractivity contribution >= 4 is 5.78 Å². The van der Waals surface area contributed by atoms with Crippen LogP contribution in [0.15, 0.2) is 24.3 Å². The lowest BCUT2D eigenvalue weighted by Crippen LogP contribution is -2.05. The van der Waals surface area contributed by atoms with E-state index in [0.29, 0.717) is 33.8 Å². The van der Waals surface area contributed by atoms with Crippen LogP contribution in [0.3, 0.4) is 0 Å². The van der Waals surface area contributed by atoms with E-state index in [9.17, 15) is 15.0 Å². The molecule has 0 spiro atoms. The largest absolute Gasteiger partial charge is 0.508 e. The number of carbonyl (C=O) groups excluding carboxylic acids is 1. The molecular weight excluding hydrogens is 296 g/mol. The van der Waals surface area contributed by atoms with E-state index < -0.39 is 0 Å². The maximum absolute atomic E-state index is 12.5. The zero-order valence-corrected chi connectivity index (χ0v) is 13.6. The monoisotopic (exact) mass is 316 g/mol. The summed E-state index contributed by atoms with van der Waals surface area (Å²) in [6, 6.07) is 6.45. The summed E-state index contributed by atoms with van der Waals surface area (Å²) in [7, 11) is 2.97. The summed E-state index contributed by atoms with van der Waals surface area (Å²) in [6.07, 6.45) is 0.286. The van der Waals surface area contributed by atoms with Gasteiger partial charge in [-0.1, -0.05) is 6.92 Å². The van der Waals surface area contributed by atoms with Gasteiger partial charge in [0.15, 0.2) is 17.3 Å². The van der Waals surface area contributed by atoms with Crippen LogP contribution in [0.2, 0.25) is 0 Å². The molecule has 0 aliphatic carbocycles. The Bertz CT molecular complexity index is 750. The Kier molecular flexibility index (Phi) is 4.79. The quantitative estimate of drug-likeness (QED) is 0.823. The minimum Gasteiger partial charge on any atom is -0.508 e. The number of aromatic hydroxyl groups is 2. The summed E-state index contributed by atoms with van der Waals surface area (Å²) >= 11 is 0. The molecule has 23 heavy (non-hydrogen) atoms. The van der Waals surface area contributed by atoms with Gasteiger partial charge >= 0.3 is 0 Å². The van der Waals surface area contributed by atoms with E-state index in [1.54, 1.807) is 32.0 Å². The van der Waals surface area contributed by atoms with Gasteiger partial charge in [0.25, 0.3) is 0 Å². The molecule has 0 aromatic heterocycles. The molecule has 5 nitrogen and oxygen atoms in total. The van der Waals surface area contributed by atoms with Crippen LogP contribution in [-0.4, -0.2) is 30.2 Å². The highest BCUT2D eigenvalue weighted by Gasteiger charge is 2.23. The van der Waals surface area contributed by atoms with Gasteiger partial charge in [0.1, 0.15) is 11.5 Å². The molecule has 0 radical (unpaired) electrons. The van der Waals surface area contributed by atoms with Crippen molar-refractivity contribution in [3.8, 4) is 34.1 Å². The van der Waals surface area contributed by atoms with Gasteiger partial charge in [0.2, 0.25) is 0 Å². The van der Waals surface area contributed by atoms with Gasteiger partial charge in [-0.25, -0.2) is 0 Å². The third kappa shape index (κ3) is 2.82. The highest BCUT2D eigenvalue weighted by atomic mass is 16.5. The molecule has 2 rings (SSSR count). The minimum atomic E-state index is -0.124. The molecule has 0 heterocycles. The number of phenols is 2. The Morgan fingerprint density at radius 2 is 1.70 bits per heavy atom. The lowest BCUT2D eigenvalue weighted by atomic mass is 9.92. The van der Waals surface area contributed by atoms with Gasteiger partial charge in [-0.05, 0) is 31.2 Å². The molecule has 2 N–H and O–H groups in total. The second-order valence-corrected chi connectivity index (χ2v) is 5.11. The molecule has 2 aromatic rings. The molecule has 0 fully saturated rings. The number of benzene rings is 2. The number of ether oxygens (including phenoxy) is 2. The van der Waals surface area contributed by atoms with Crippen molar-refractivity contribution in [1.29, 1.82) is 0 Å². The Labute approximate surface area is 135 Å². The standard InChI is InChI=1S/C18H20O5/c1-5-13(19)16-11(7-9-15(22-3)18(16)23-4)12-6-8-14(20)10(2)17(12)21/h6-9,20-21H,5H2,1-4H3. The van der Waals surface area contributed by atoms with Crippen LogP contribution in [0.25, 0.3) is 11.1 Å². The molecule has 0 unspecified atom stereocenters. The third-order valence-corrected chi connectivity index (χ3v) is 3.84. The maximum Gasteiger partial charge on any atom is 0.172 e. The zero-order chi connectivity index (χ0) is 17.1. The van der Waals surface area contributed by atoms with Gasteiger partial charge in [-0.2, -0.15) is 0 Å². The van der Waals surface area contributed by atoms with Crippen LogP contribution in [0.1, 0.15) is 29.3 Å². The predicted molar refractivity (Wildman–Crippen MR) is 87.7 cm³/mol. The van der Waals surface area contributed by atoms with Crippen LogP contribution < -0.4 is 9.47 Å². The van der Waals surface area contributed by atoms with Crippen LogP contribution in [0, 0.1) is 6.92 Å². The highest BCUT2D eigenvalue weighted by Crippen LogP contribution is 2.43. The molecule has 2 aromatic carbocycles. The van der Waals surface area contributed by atoms with Crippen LogP contribution in [0.5, 0.6) is 23.0 Å². The van der Waals surface area contributed by atoms with Crippen molar-refractivity contribution in [1.82, 2.24) is 0 Å². The van der Waals surface area contributed by atoms with E-state index in [1.807, 2.05) is 0 Å². The number of Topliss-reactive ketones (excluding diaryl/α,β-unsaturated/α-hetero) is 1. The van der Waals surface area contributed by atoms with E-state index in [1.165, 1.54) is 20.3 Å². The van der Waals surface area contributed by atoms with E-state index in [4.69, 9.17) is 9.47 Å². The number of hydrogen-bond donors (Lipinski definition) is 2. The van der Waals surface area contributed by atoms with Crippen LogP contribution in [-0.2, 0) is 0 Å². The number of phenolic OH excluding ortho intramolecular Hbond substituents is 2. The van der Waals surface area contributed by atoms with Gasteiger partial charge in [0.05, 0.1) is 19.8 Å². The molecule has 0 saturated heterocycles. The first kappa shape index (κ1) is 16.7. The summed E-state index contributed by atoms with van der Waals surface area (Å²) in [5.74, 6) is 0.586. The van der Waals surface area contributed by atoms with Crippen molar-refractivity contribution < 1.29 is 24.5 Å². The fourth-order valence-electron chi connectivity index (χ4n) is 2.51. The van der Waals surface area contributed by atoms with E-state index in [2.05, 4.69) is 0 Å². The first-order valence-corrected chi connectivity index (χ1v) is 7.26. The summed E-state index contributed by atoms with van der Waals surface area (Å²) in [5.41, 5.74) is 1.70. The number of methoxy groups -OCH3 is 2. The molecule has 122 valence electrons. The Morgan fingerprint density at radius 3 is 2.26 bits per heavy atom. The van der Waals surface area contributed by atoms with Crippen molar-refractivity contribution in [2.24, 2.45) is 0 Å². The average Bonchev–Trinajstić information content (AvgIpc) is 2.57. The van der Waals surface area contributed by atoms with Crippen molar-refractivity contribution in [2.75, 3.05) is 14.2 Å². The van der Waals surface area contributed by atoms with Crippen molar-refractivity contribution in [3.63, 3.8) is 0 Å². The topological polar surface area (TPSA) is 76.0 Å². The molecule has 5 heteroatoms. The molecule has 0 atom stereocenters. The lowest BCUT2D eigenvalue weighted by molar-refractivity contribution is 0.0985. The first-order chi connectivity index (χ1) is 11.0. The number of hydrogen-bond acceptors (Lipinski definition) is 5. The number of rotatable bonds is 5. The predicted octanol–water partition coefficient (Wildman–Crippen LogP) is 3.68. The number of carbonyl (C=O) groups is 1. The van der Waals surface area contributed by atoms with Gasteiger partial charge in [-0.3, -0.25) is 4.79 Å². The minimum absolute atomic E-state index is 0.00454. The van der Waals surface area contributed by atoms with Crippen LogP contribution in [0.4, 0.5) is 0 Å². The van der Waals surface area contributed by atoms with Gasteiger partial charge < -0.3 is 19.7 Å². The molecule has 0 amide bonds. The molecule has 0 aliphatic heterocycles. The van der Waals surface area contributed by atoms with Gasteiger partial charge in [-0.15, -0.1) is 0 Å². The Morgan fingerprint density at radius 1 is 1.04 bits per heavy atom. The van der Waals surface area contributed by atoms with Crippen molar-refractivity contribution in [3.05, 3.63) is 35.4 Å². The van der Waals surface area contributed by atoms with E-state index in [0.717, 1.165) is 0 Å². The summed E-state index contributed by atoms with van der Waals surface area (Å²) in [4.78, 5) is 12.5. The molecular formula is C18H20O5. The average molecular weight is 316 g/mol. The lowest BCUT2D eigenvalue weighted by Gasteiger charge is -2.17. The fourth-order valence-corrected chi connectivity index (χ4v) is 2.51. The maximum atomic E-state index is 12.5. The zero-order valence-electron chi connectivity index (χ0n) is 13.6. The second kappa shape index (κ2) is 6.60. The fraction of sp³-hybridized carbons (Fsp3) is 0.278. The first-order valence-electron chi connectivity index (χ1n) is 7.26. The van der Waals surface area contributed by atoms with Gasteiger partial charge in [0, 0.05) is 23.1 Å². The van der Waals surface area contributed by atoms with Crippen LogP contribution >= 0.6 is 0 Å². The summed E-state index contributed by atoms with van der Waals surface area (Å²) < 4.78 is 10.6. The SMILES string of the molecule is CCC(=O)c1c(-c2ccc(O)c(C)c2O)ccc(OC)c1OC. The summed E-state index contributed by atoms with van der Waals surface area (Å²) in [5, 5.41) is 20.1. The van der Waals surface area contributed by atoms with E-state index >= 15 is 0 Å². The third-order valence-electron chi connectivity index (χ3n) is 3.84. The van der Waals surface area contributed by atoms with Crippen molar-refractivity contribution in [2.45, 2.75) is 20.3 Å². The highest BCUT2D eigenvalue weighted by molar-refractivity contribution is 6.06. The molecule has 0 aliphatic rings.